The molecule has 152 valence electrons. The zero-order valence-electron chi connectivity index (χ0n) is 16.8. The van der Waals surface area contributed by atoms with Gasteiger partial charge in [0.1, 0.15) is 0 Å². The molecule has 2 rings (SSSR count). The van der Waals surface area contributed by atoms with Gasteiger partial charge in [-0.05, 0) is 55.2 Å². The molecule has 4 N–H and O–H groups in total. The standard InChI is InChI=1S/C20H34N4O2S/c1-4-22-19(24-15-20(13-16(2)3)10-5-6-11-20)23-14-17-8-7-9-18(12-17)27(21,25)26/h7-9,12,16H,4-6,10-11,13-15H2,1-3H3,(H2,21,25,26)(H2,22,23,24). The number of nitrogens with zero attached hydrogens (tertiary/aromatic N) is 1. The van der Waals surface area contributed by atoms with Crippen LogP contribution in [0.15, 0.2) is 34.2 Å². The summed E-state index contributed by atoms with van der Waals surface area (Å²) < 4.78 is 23.0. The number of nitrogens with one attached hydrogen (secondary N) is 2. The van der Waals surface area contributed by atoms with Gasteiger partial charge in [0.15, 0.2) is 5.96 Å². The van der Waals surface area contributed by atoms with E-state index in [1.807, 2.05) is 13.0 Å². The van der Waals surface area contributed by atoms with Crippen molar-refractivity contribution in [1.82, 2.24) is 10.6 Å². The van der Waals surface area contributed by atoms with Gasteiger partial charge >= 0.3 is 0 Å². The van der Waals surface area contributed by atoms with Gasteiger partial charge in [-0.1, -0.05) is 38.8 Å². The average molecular weight is 395 g/mol. The van der Waals surface area contributed by atoms with Crippen LogP contribution in [-0.4, -0.2) is 27.5 Å². The third-order valence-electron chi connectivity index (χ3n) is 5.13. The Balaban J connectivity index is 2.06. The van der Waals surface area contributed by atoms with Gasteiger partial charge in [-0.25, -0.2) is 18.5 Å². The van der Waals surface area contributed by atoms with E-state index >= 15 is 0 Å². The summed E-state index contributed by atoms with van der Waals surface area (Å²) in [5.74, 6) is 1.46. The molecule has 0 radical (unpaired) electrons. The van der Waals surface area contributed by atoms with Crippen molar-refractivity contribution in [3.05, 3.63) is 29.8 Å². The Hall–Kier alpha value is -1.60. The number of sulfonamides is 1. The first kappa shape index (κ1) is 21.7. The number of rotatable bonds is 8. The molecule has 27 heavy (non-hydrogen) atoms. The van der Waals surface area contributed by atoms with Crippen molar-refractivity contribution >= 4 is 16.0 Å². The normalized spacial score (nSPS) is 17.3. The van der Waals surface area contributed by atoms with Gasteiger partial charge in [-0.2, -0.15) is 0 Å². The Morgan fingerprint density at radius 1 is 1.26 bits per heavy atom. The number of primary sulfonamides is 1. The maximum Gasteiger partial charge on any atom is 0.238 e. The van der Waals surface area contributed by atoms with Gasteiger partial charge in [-0.15, -0.1) is 0 Å². The third kappa shape index (κ3) is 6.81. The Morgan fingerprint density at radius 3 is 2.56 bits per heavy atom. The summed E-state index contributed by atoms with van der Waals surface area (Å²) in [6.45, 7) is 8.72. The summed E-state index contributed by atoms with van der Waals surface area (Å²) in [6, 6.07) is 6.64. The summed E-state index contributed by atoms with van der Waals surface area (Å²) >= 11 is 0. The minimum atomic E-state index is -3.69. The van der Waals surface area contributed by atoms with E-state index in [1.165, 1.54) is 38.2 Å². The number of hydrogen-bond acceptors (Lipinski definition) is 3. The summed E-state index contributed by atoms with van der Waals surface area (Å²) in [6.07, 6.45) is 6.39. The van der Waals surface area contributed by atoms with E-state index < -0.39 is 10.0 Å². The quantitative estimate of drug-likeness (QED) is 0.466. The van der Waals surface area contributed by atoms with Crippen molar-refractivity contribution in [3.63, 3.8) is 0 Å². The molecule has 1 saturated carbocycles. The molecule has 1 aliphatic rings. The van der Waals surface area contributed by atoms with Crippen molar-refractivity contribution in [3.8, 4) is 0 Å². The summed E-state index contributed by atoms with van der Waals surface area (Å²) in [5, 5.41) is 12.0. The highest BCUT2D eigenvalue weighted by atomic mass is 32.2. The lowest BCUT2D eigenvalue weighted by atomic mass is 9.78. The van der Waals surface area contributed by atoms with E-state index in [-0.39, 0.29) is 4.90 Å². The minimum absolute atomic E-state index is 0.120. The van der Waals surface area contributed by atoms with Crippen LogP contribution in [0.3, 0.4) is 0 Å². The van der Waals surface area contributed by atoms with Gasteiger partial charge in [0.05, 0.1) is 11.4 Å². The zero-order chi connectivity index (χ0) is 19.9. The molecule has 1 aromatic rings. The smallest absolute Gasteiger partial charge is 0.238 e. The maximum atomic E-state index is 11.5. The lowest BCUT2D eigenvalue weighted by Crippen LogP contribution is -2.43. The number of nitrogens with two attached hydrogens (primary N) is 1. The predicted molar refractivity (Wildman–Crippen MR) is 111 cm³/mol. The Labute approximate surface area is 164 Å². The minimum Gasteiger partial charge on any atom is -0.357 e. The fourth-order valence-electron chi connectivity index (χ4n) is 4.05. The monoisotopic (exact) mass is 394 g/mol. The lowest BCUT2D eigenvalue weighted by Gasteiger charge is -2.32. The van der Waals surface area contributed by atoms with Crippen LogP contribution in [0.5, 0.6) is 0 Å². The molecule has 0 aromatic heterocycles. The molecule has 0 heterocycles. The van der Waals surface area contributed by atoms with Gasteiger partial charge in [0, 0.05) is 13.1 Å². The highest BCUT2D eigenvalue weighted by Crippen LogP contribution is 2.42. The molecule has 6 nitrogen and oxygen atoms in total. The molecule has 0 spiro atoms. The van der Waals surface area contributed by atoms with Crippen molar-refractivity contribution in [2.24, 2.45) is 21.5 Å². The summed E-state index contributed by atoms with van der Waals surface area (Å²) in [5.41, 5.74) is 1.18. The fraction of sp³-hybridized carbons (Fsp3) is 0.650. The van der Waals surface area contributed by atoms with Crippen LogP contribution >= 0.6 is 0 Å². The second-order valence-corrected chi connectivity index (χ2v) is 9.61. The number of aliphatic imine (C=N–C) groups is 1. The Kier molecular flexibility index (Phi) is 7.68. The lowest BCUT2D eigenvalue weighted by molar-refractivity contribution is 0.235. The van der Waals surface area contributed by atoms with Gasteiger partial charge < -0.3 is 10.6 Å². The summed E-state index contributed by atoms with van der Waals surface area (Å²) in [7, 11) is -3.69. The SMILES string of the molecule is CCNC(=NCc1cccc(S(N)(=O)=O)c1)NCC1(CC(C)C)CCCC1. The molecule has 0 aliphatic heterocycles. The van der Waals surface area contributed by atoms with E-state index in [9.17, 15) is 8.42 Å². The highest BCUT2D eigenvalue weighted by molar-refractivity contribution is 7.89. The molecule has 7 heteroatoms. The van der Waals surface area contributed by atoms with Gasteiger partial charge in [-0.3, -0.25) is 0 Å². The number of guanidine groups is 1. The van der Waals surface area contributed by atoms with Crippen LogP contribution in [0.2, 0.25) is 0 Å². The fourth-order valence-corrected chi connectivity index (χ4v) is 4.63. The van der Waals surface area contributed by atoms with Crippen LogP contribution in [-0.2, 0) is 16.6 Å². The Bertz CT molecular complexity index is 738. The maximum absolute atomic E-state index is 11.5. The second-order valence-electron chi connectivity index (χ2n) is 8.05. The summed E-state index contributed by atoms with van der Waals surface area (Å²) in [4.78, 5) is 4.76. The second kappa shape index (κ2) is 9.55. The molecule has 0 amide bonds. The molecular weight excluding hydrogens is 360 g/mol. The average Bonchev–Trinajstić information content (AvgIpc) is 3.05. The highest BCUT2D eigenvalue weighted by Gasteiger charge is 2.34. The van der Waals surface area contributed by atoms with Crippen molar-refractivity contribution in [1.29, 1.82) is 0 Å². The Morgan fingerprint density at radius 2 is 1.96 bits per heavy atom. The van der Waals surface area contributed by atoms with E-state index in [0.717, 1.165) is 24.6 Å². The molecular formula is C20H34N4O2S. The molecule has 0 bridgehead atoms. The number of hydrogen-bond donors (Lipinski definition) is 3. The molecule has 0 atom stereocenters. The van der Waals surface area contributed by atoms with Crippen molar-refractivity contribution < 1.29 is 8.42 Å². The van der Waals surface area contributed by atoms with E-state index in [0.29, 0.717) is 17.9 Å². The van der Waals surface area contributed by atoms with Gasteiger partial charge in [0.25, 0.3) is 0 Å². The van der Waals surface area contributed by atoms with Crippen LogP contribution in [0.1, 0.15) is 58.4 Å². The van der Waals surface area contributed by atoms with Crippen LogP contribution in [0, 0.1) is 11.3 Å². The molecule has 1 aromatic carbocycles. The molecule has 0 unspecified atom stereocenters. The first-order chi connectivity index (χ1) is 12.7. The molecule has 0 saturated heterocycles. The molecule has 1 fully saturated rings. The van der Waals surface area contributed by atoms with E-state index in [1.54, 1.807) is 12.1 Å². The first-order valence-corrected chi connectivity index (χ1v) is 11.4. The largest absolute Gasteiger partial charge is 0.357 e. The van der Waals surface area contributed by atoms with Crippen molar-refractivity contribution in [2.75, 3.05) is 13.1 Å². The van der Waals surface area contributed by atoms with Crippen LogP contribution < -0.4 is 15.8 Å². The van der Waals surface area contributed by atoms with Gasteiger partial charge in [0.2, 0.25) is 10.0 Å². The first-order valence-electron chi connectivity index (χ1n) is 9.88. The van der Waals surface area contributed by atoms with Crippen LogP contribution in [0.4, 0.5) is 0 Å². The predicted octanol–water partition coefficient (Wildman–Crippen LogP) is 3.00. The molecule has 1 aliphatic carbocycles. The third-order valence-corrected chi connectivity index (χ3v) is 6.04. The van der Waals surface area contributed by atoms with Crippen molar-refractivity contribution in [2.45, 2.75) is 64.3 Å². The van der Waals surface area contributed by atoms with E-state index in [2.05, 4.69) is 29.5 Å². The topological polar surface area (TPSA) is 96.6 Å². The zero-order valence-corrected chi connectivity index (χ0v) is 17.6. The van der Waals surface area contributed by atoms with Crippen LogP contribution in [0.25, 0.3) is 0 Å². The number of benzene rings is 1. The van der Waals surface area contributed by atoms with E-state index in [4.69, 9.17) is 5.14 Å².